The number of nitrogens with two attached hydrogens (primary N) is 1. The number of carboxylic acids is 1. The molecule has 0 fully saturated rings. The van der Waals surface area contributed by atoms with Crippen molar-refractivity contribution in [2.75, 3.05) is 0 Å². The van der Waals surface area contributed by atoms with Crippen LogP contribution in [0.5, 0.6) is 5.75 Å². The van der Waals surface area contributed by atoms with Crippen LogP contribution in [0.15, 0.2) is 95.2 Å². The van der Waals surface area contributed by atoms with Gasteiger partial charge in [0.25, 0.3) is 0 Å². The standard InChI is InChI=1S/C33H29F2N2O11P/c1-33-15-23(35)26(39)14-28(33)47-27-13-25(38)22(34)12-21(27)30(33)20-10-16(4-8-19(20)32(42)43)5-9-29(40)37-24(31(36)41)11-17-2-6-18(7-3-17)48-49(44,45)46/h2-4,6-8,10,12-14,24,39H,5,9,11,15H2,1H3,(H2,36,41)(H,37,40)(H,42,43)(H2,44,45,46). The van der Waals surface area contributed by atoms with E-state index in [1.165, 1.54) is 49.4 Å². The highest BCUT2D eigenvalue weighted by molar-refractivity contribution is 7.46. The van der Waals surface area contributed by atoms with Crippen molar-refractivity contribution in [2.45, 2.75) is 38.6 Å². The Morgan fingerprint density at radius 2 is 1.76 bits per heavy atom. The Kier molecular flexibility index (Phi) is 9.46. The van der Waals surface area contributed by atoms with Crippen molar-refractivity contribution in [2.24, 2.45) is 11.1 Å². The number of hydrogen-bond donors (Lipinski definition) is 6. The summed E-state index contributed by atoms with van der Waals surface area (Å²) in [5.41, 5.74) is 4.91. The fourth-order valence-electron chi connectivity index (χ4n) is 5.82. The fraction of sp³-hybridized carbons (Fsp3) is 0.212. The number of allylic oxidation sites excluding steroid dienone is 6. The number of fused-ring (bicyclic) bond motifs is 2. The number of rotatable bonds is 11. The quantitative estimate of drug-likeness (QED) is 0.183. The third-order valence-electron chi connectivity index (χ3n) is 8.16. The number of aryl methyl sites for hydroxylation is 1. The molecule has 1 heterocycles. The number of carbonyl (C=O) groups excluding carboxylic acids is 3. The van der Waals surface area contributed by atoms with Gasteiger partial charge in [-0.1, -0.05) is 24.3 Å². The minimum absolute atomic E-state index is 0.00230. The summed E-state index contributed by atoms with van der Waals surface area (Å²) in [5.74, 6) is -6.81. The number of amides is 2. The van der Waals surface area contributed by atoms with E-state index in [9.17, 15) is 42.7 Å². The molecular weight excluding hydrogens is 669 g/mol. The molecule has 3 aliphatic rings. The first-order valence-electron chi connectivity index (χ1n) is 14.6. The Morgan fingerprint density at radius 1 is 1.08 bits per heavy atom. The molecule has 0 bridgehead atoms. The predicted molar refractivity (Wildman–Crippen MR) is 168 cm³/mol. The second kappa shape index (κ2) is 13.3. The number of halogens is 2. The van der Waals surface area contributed by atoms with E-state index in [0.29, 0.717) is 11.1 Å². The van der Waals surface area contributed by atoms with Crippen LogP contribution in [-0.4, -0.2) is 49.6 Å². The highest BCUT2D eigenvalue weighted by Gasteiger charge is 2.47. The molecule has 2 aromatic carbocycles. The van der Waals surface area contributed by atoms with Crippen LogP contribution in [0.25, 0.3) is 5.57 Å². The number of primary amides is 1. The van der Waals surface area contributed by atoms with E-state index in [0.717, 1.165) is 18.2 Å². The zero-order chi connectivity index (χ0) is 35.8. The highest BCUT2D eigenvalue weighted by Crippen LogP contribution is 2.57. The number of aliphatic hydroxyl groups is 1. The summed E-state index contributed by atoms with van der Waals surface area (Å²) in [7, 11) is -4.77. The van der Waals surface area contributed by atoms with Gasteiger partial charge in [-0.3, -0.25) is 24.2 Å². The predicted octanol–water partition coefficient (Wildman–Crippen LogP) is 4.14. The van der Waals surface area contributed by atoms with Crippen molar-refractivity contribution >= 4 is 37.0 Å². The second-order valence-electron chi connectivity index (χ2n) is 11.7. The topological polar surface area (TPSA) is 223 Å². The monoisotopic (exact) mass is 698 g/mol. The Labute approximate surface area is 277 Å². The van der Waals surface area contributed by atoms with Crippen LogP contribution in [0, 0.1) is 5.41 Å². The molecule has 5 rings (SSSR count). The zero-order valence-electron chi connectivity index (χ0n) is 25.6. The number of carbonyl (C=O) groups is 4. The number of ketones is 1. The van der Waals surface area contributed by atoms with E-state index in [2.05, 4.69) is 9.84 Å². The molecule has 7 N–H and O–H groups in total. The van der Waals surface area contributed by atoms with Gasteiger partial charge in [0.05, 0.1) is 11.0 Å². The SMILES string of the molecule is CC12CC(F)=C(O)C=C1OC1=CC(=O)C(F)=CC1=C2c1cc(CCC(=O)NC(Cc2ccc(OP(=O)(O)O)cc2)C(N)=O)ccc1C(=O)O. The number of aliphatic hydroxyl groups excluding tert-OH is 1. The van der Waals surface area contributed by atoms with Crippen LogP contribution in [0.2, 0.25) is 0 Å². The van der Waals surface area contributed by atoms with Crippen molar-refractivity contribution in [3.63, 3.8) is 0 Å². The summed E-state index contributed by atoms with van der Waals surface area (Å²) in [6.07, 6.45) is 2.10. The molecule has 2 unspecified atom stereocenters. The molecule has 2 amide bonds. The number of ether oxygens (including phenoxy) is 1. The molecular formula is C33H29F2N2O11P. The normalized spacial score (nSPS) is 19.4. The maximum absolute atomic E-state index is 14.9. The van der Waals surface area contributed by atoms with E-state index < -0.39 is 66.7 Å². The van der Waals surface area contributed by atoms with Gasteiger partial charge in [0.1, 0.15) is 34.9 Å². The molecule has 2 aliphatic carbocycles. The Bertz CT molecular complexity index is 1990. The van der Waals surface area contributed by atoms with Crippen molar-refractivity contribution in [3.8, 4) is 5.75 Å². The van der Waals surface area contributed by atoms with Crippen LogP contribution >= 0.6 is 7.82 Å². The summed E-state index contributed by atoms with van der Waals surface area (Å²) in [6.45, 7) is 1.53. The lowest BCUT2D eigenvalue weighted by Gasteiger charge is -2.42. The first-order valence-corrected chi connectivity index (χ1v) is 16.1. The van der Waals surface area contributed by atoms with Crippen LogP contribution in [-0.2, 0) is 36.5 Å². The van der Waals surface area contributed by atoms with Gasteiger partial charge in [-0.25, -0.2) is 18.1 Å². The average Bonchev–Trinajstić information content (AvgIpc) is 3.00. The van der Waals surface area contributed by atoms with Gasteiger partial charge < -0.3 is 30.5 Å². The van der Waals surface area contributed by atoms with Gasteiger partial charge in [0, 0.05) is 37.0 Å². The average molecular weight is 699 g/mol. The second-order valence-corrected chi connectivity index (χ2v) is 12.9. The largest absolute Gasteiger partial charge is 0.524 e. The number of aromatic carboxylic acids is 1. The lowest BCUT2D eigenvalue weighted by Crippen LogP contribution is -2.45. The fourth-order valence-corrected chi connectivity index (χ4v) is 6.22. The van der Waals surface area contributed by atoms with Gasteiger partial charge >= 0.3 is 13.8 Å². The molecule has 0 aromatic heterocycles. The minimum Gasteiger partial charge on any atom is -0.505 e. The molecule has 256 valence electrons. The highest BCUT2D eigenvalue weighted by atomic mass is 31.2. The summed E-state index contributed by atoms with van der Waals surface area (Å²) in [4.78, 5) is 67.5. The molecule has 0 saturated heterocycles. The minimum atomic E-state index is -4.77. The molecule has 2 aromatic rings. The Morgan fingerprint density at radius 3 is 2.39 bits per heavy atom. The summed E-state index contributed by atoms with van der Waals surface area (Å²) >= 11 is 0. The van der Waals surface area contributed by atoms with Crippen LogP contribution in [0.3, 0.4) is 0 Å². The molecule has 49 heavy (non-hydrogen) atoms. The summed E-state index contributed by atoms with van der Waals surface area (Å²) in [6, 6.07) is 8.45. The van der Waals surface area contributed by atoms with Crippen LogP contribution < -0.4 is 15.6 Å². The first-order chi connectivity index (χ1) is 22.9. The maximum atomic E-state index is 14.9. The van der Waals surface area contributed by atoms with Crippen LogP contribution in [0.4, 0.5) is 8.78 Å². The molecule has 0 spiro atoms. The van der Waals surface area contributed by atoms with E-state index in [4.69, 9.17) is 20.3 Å². The Balaban J connectivity index is 1.41. The lowest BCUT2D eigenvalue weighted by molar-refractivity contribution is -0.127. The van der Waals surface area contributed by atoms with Gasteiger partial charge in [-0.2, -0.15) is 0 Å². The number of phosphoric acid groups is 1. The summed E-state index contributed by atoms with van der Waals surface area (Å²) in [5, 5.41) is 22.7. The van der Waals surface area contributed by atoms with Crippen molar-refractivity contribution in [1.82, 2.24) is 5.32 Å². The van der Waals surface area contributed by atoms with Gasteiger partial charge in [-0.15, -0.1) is 0 Å². The van der Waals surface area contributed by atoms with E-state index in [1.807, 2.05) is 0 Å². The van der Waals surface area contributed by atoms with Gasteiger partial charge in [-0.05, 0) is 59.9 Å². The number of carboxylic acid groups (broad SMARTS) is 1. The van der Waals surface area contributed by atoms with Gasteiger partial charge in [0.15, 0.2) is 5.83 Å². The lowest BCUT2D eigenvalue weighted by atomic mass is 9.67. The van der Waals surface area contributed by atoms with Crippen molar-refractivity contribution in [1.29, 1.82) is 0 Å². The summed E-state index contributed by atoms with van der Waals surface area (Å²) < 4.78 is 50.9. The third kappa shape index (κ3) is 7.54. The molecule has 1 aliphatic heterocycles. The molecule has 16 heteroatoms. The number of nitrogens with one attached hydrogen (secondary N) is 1. The number of phosphoric ester groups is 1. The van der Waals surface area contributed by atoms with E-state index >= 15 is 0 Å². The molecule has 2 atom stereocenters. The Hall–Kier alpha value is -5.37. The first kappa shape index (κ1) is 35.0. The van der Waals surface area contributed by atoms with E-state index in [-0.39, 0.29) is 58.8 Å². The zero-order valence-corrected chi connectivity index (χ0v) is 26.5. The third-order valence-corrected chi connectivity index (χ3v) is 8.61. The number of hydrogen-bond acceptors (Lipinski definition) is 8. The van der Waals surface area contributed by atoms with E-state index in [1.54, 1.807) is 0 Å². The van der Waals surface area contributed by atoms with Crippen LogP contribution in [0.1, 0.15) is 46.8 Å². The van der Waals surface area contributed by atoms with Gasteiger partial charge in [0.2, 0.25) is 17.6 Å². The smallest absolute Gasteiger partial charge is 0.505 e. The molecule has 0 radical (unpaired) electrons. The van der Waals surface area contributed by atoms with Crippen molar-refractivity contribution in [3.05, 3.63) is 117 Å². The maximum Gasteiger partial charge on any atom is 0.524 e. The molecule has 13 nitrogen and oxygen atoms in total. The number of benzene rings is 2. The molecule has 0 saturated carbocycles. The van der Waals surface area contributed by atoms with Crippen molar-refractivity contribution < 1.29 is 61.8 Å².